The van der Waals surface area contributed by atoms with E-state index in [0.29, 0.717) is 0 Å². The first-order chi connectivity index (χ1) is 8.11. The molecule has 0 aromatic rings. The van der Waals surface area contributed by atoms with Gasteiger partial charge in [-0.3, -0.25) is 0 Å². The van der Waals surface area contributed by atoms with Crippen LogP contribution >= 0.6 is 0 Å². The van der Waals surface area contributed by atoms with Crippen LogP contribution in [0.5, 0.6) is 0 Å². The molecule has 0 spiro atoms. The van der Waals surface area contributed by atoms with Gasteiger partial charge < -0.3 is 0 Å². The quantitative estimate of drug-likeness (QED) is 0.496. The number of hydrogen-bond acceptors (Lipinski definition) is 0. The van der Waals surface area contributed by atoms with E-state index >= 15 is 0 Å². The SMILES string of the molecule is B=C(C)/C(C(=C)C)=C(C)/C(C)=C(\C)C(C)=C(C)C. The van der Waals surface area contributed by atoms with E-state index in [0.717, 1.165) is 11.0 Å². The molecule has 0 saturated carbocycles. The summed E-state index contributed by atoms with van der Waals surface area (Å²) >= 11 is 0. The molecule has 98 valence electrons. The van der Waals surface area contributed by atoms with Gasteiger partial charge in [0, 0.05) is 0 Å². The summed E-state index contributed by atoms with van der Waals surface area (Å²) < 4.78 is 0. The first-order valence-electron chi connectivity index (χ1n) is 6.46. The van der Waals surface area contributed by atoms with Crippen molar-refractivity contribution in [2.24, 2.45) is 0 Å². The molecule has 0 heterocycles. The van der Waals surface area contributed by atoms with Gasteiger partial charge in [0.05, 0.1) is 0 Å². The van der Waals surface area contributed by atoms with Crippen molar-refractivity contribution in [3.05, 3.63) is 45.6 Å². The monoisotopic (exact) mass is 242 g/mol. The summed E-state index contributed by atoms with van der Waals surface area (Å²) in [5.41, 5.74) is 10.1. The third-order valence-corrected chi connectivity index (χ3v) is 3.67. The zero-order valence-electron chi connectivity index (χ0n) is 13.4. The molecule has 0 rings (SSSR count). The average Bonchev–Trinajstić information content (AvgIpc) is 2.24. The van der Waals surface area contributed by atoms with Crippen molar-refractivity contribution in [2.75, 3.05) is 0 Å². The first-order valence-corrected chi connectivity index (χ1v) is 6.46. The second kappa shape index (κ2) is 6.73. The Morgan fingerprint density at radius 1 is 0.667 bits per heavy atom. The van der Waals surface area contributed by atoms with Crippen LogP contribution in [-0.2, 0) is 0 Å². The summed E-state index contributed by atoms with van der Waals surface area (Å²) in [5.74, 6) is 0. The molecule has 0 amide bonds. The summed E-state index contributed by atoms with van der Waals surface area (Å²) in [6.45, 7) is 21.2. The Morgan fingerprint density at radius 2 is 1.06 bits per heavy atom. The van der Waals surface area contributed by atoms with Crippen molar-refractivity contribution in [3.63, 3.8) is 0 Å². The average molecular weight is 242 g/mol. The van der Waals surface area contributed by atoms with Crippen LogP contribution in [0.15, 0.2) is 45.6 Å². The molecule has 0 aromatic heterocycles. The van der Waals surface area contributed by atoms with E-state index in [4.69, 9.17) is 0 Å². The van der Waals surface area contributed by atoms with Gasteiger partial charge in [0.15, 0.2) is 0 Å². The molecular weight excluding hydrogens is 215 g/mol. The molecule has 0 saturated heterocycles. The molecule has 0 nitrogen and oxygen atoms in total. The molecule has 0 fully saturated rings. The third kappa shape index (κ3) is 3.98. The predicted molar refractivity (Wildman–Crippen MR) is 87.8 cm³/mol. The Bertz CT molecular complexity index is 448. The van der Waals surface area contributed by atoms with Crippen LogP contribution in [-0.4, -0.2) is 13.0 Å². The van der Waals surface area contributed by atoms with Crippen molar-refractivity contribution in [2.45, 2.75) is 55.4 Å². The van der Waals surface area contributed by atoms with Gasteiger partial charge in [-0.2, -0.15) is 0 Å². The second-order valence-electron chi connectivity index (χ2n) is 5.44. The minimum absolute atomic E-state index is 1.09. The maximum atomic E-state index is 4.07. The third-order valence-electron chi connectivity index (χ3n) is 3.67. The Kier molecular flexibility index (Phi) is 6.31. The normalized spacial score (nSPS) is 13.5. The van der Waals surface area contributed by atoms with E-state index < -0.39 is 0 Å². The van der Waals surface area contributed by atoms with Crippen LogP contribution in [0.3, 0.4) is 0 Å². The summed E-state index contributed by atoms with van der Waals surface area (Å²) in [4.78, 5) is 0. The molecule has 0 bridgehead atoms. The number of hydrogen-bond donors (Lipinski definition) is 0. The van der Waals surface area contributed by atoms with Gasteiger partial charge in [-0.05, 0) is 0 Å². The Hall–Kier alpha value is -1.11. The fourth-order valence-corrected chi connectivity index (χ4v) is 2.13. The fourth-order valence-electron chi connectivity index (χ4n) is 2.13. The van der Waals surface area contributed by atoms with Crippen molar-refractivity contribution >= 4 is 13.0 Å². The first kappa shape index (κ1) is 16.9. The molecular formula is C17H27B. The maximum absolute atomic E-state index is 4.07. The van der Waals surface area contributed by atoms with Gasteiger partial charge in [-0.25, -0.2) is 0 Å². The summed E-state index contributed by atoms with van der Waals surface area (Å²) in [5, 5.41) is 0. The summed E-state index contributed by atoms with van der Waals surface area (Å²) in [7, 11) is 4.07. The van der Waals surface area contributed by atoms with Gasteiger partial charge in [-0.1, -0.05) is 0 Å². The molecule has 0 aliphatic carbocycles. The van der Waals surface area contributed by atoms with Crippen molar-refractivity contribution in [1.82, 2.24) is 0 Å². The molecule has 0 aliphatic heterocycles. The number of rotatable bonds is 4. The predicted octanol–water partition coefficient (Wildman–Crippen LogP) is 4.66. The summed E-state index contributed by atoms with van der Waals surface area (Å²) in [6, 6.07) is 0. The van der Waals surface area contributed by atoms with E-state index in [9.17, 15) is 0 Å². The zero-order valence-corrected chi connectivity index (χ0v) is 13.4. The van der Waals surface area contributed by atoms with E-state index in [1.54, 1.807) is 0 Å². The zero-order chi connectivity index (χ0) is 14.6. The van der Waals surface area contributed by atoms with Gasteiger partial charge in [-0.15, -0.1) is 0 Å². The van der Waals surface area contributed by atoms with Crippen molar-refractivity contribution < 1.29 is 0 Å². The molecule has 0 aliphatic rings. The molecule has 0 radical (unpaired) electrons. The fraction of sp³-hybridized carbons (Fsp3) is 0.471. The Labute approximate surface area is 114 Å². The Balaban J connectivity index is 6.00. The van der Waals surface area contributed by atoms with Crippen LogP contribution in [0.1, 0.15) is 55.4 Å². The molecule has 0 unspecified atom stereocenters. The van der Waals surface area contributed by atoms with Gasteiger partial charge in [0.2, 0.25) is 0 Å². The topological polar surface area (TPSA) is 0 Å². The van der Waals surface area contributed by atoms with Crippen molar-refractivity contribution in [3.8, 4) is 0 Å². The molecule has 0 atom stereocenters. The van der Waals surface area contributed by atoms with Crippen LogP contribution < -0.4 is 0 Å². The molecule has 1 heteroatoms. The van der Waals surface area contributed by atoms with Crippen molar-refractivity contribution in [1.29, 1.82) is 0 Å². The van der Waals surface area contributed by atoms with Gasteiger partial charge in [0.1, 0.15) is 0 Å². The van der Waals surface area contributed by atoms with Crippen LogP contribution in [0.25, 0.3) is 0 Å². The molecule has 0 N–H and O–H groups in total. The van der Waals surface area contributed by atoms with E-state index in [2.05, 4.69) is 55.6 Å². The van der Waals surface area contributed by atoms with Crippen LogP contribution in [0, 0.1) is 0 Å². The molecule has 18 heavy (non-hydrogen) atoms. The standard InChI is InChI=1S/C17H27B/c1-10(2)12(5)13(6)14(7)15(8)17(11(3)4)16(9)18/h18H,3H2,1-2,4-9H3/b14-13+,17-15+. The molecule has 0 aromatic carbocycles. The summed E-state index contributed by atoms with van der Waals surface area (Å²) in [6.07, 6.45) is 0. The minimum atomic E-state index is 1.09. The Morgan fingerprint density at radius 3 is 1.33 bits per heavy atom. The van der Waals surface area contributed by atoms with Crippen LogP contribution in [0.4, 0.5) is 0 Å². The van der Waals surface area contributed by atoms with Gasteiger partial charge >= 0.3 is 114 Å². The van der Waals surface area contributed by atoms with E-state index in [1.807, 2.05) is 13.8 Å². The van der Waals surface area contributed by atoms with Crippen LogP contribution in [0.2, 0.25) is 0 Å². The second-order valence-corrected chi connectivity index (χ2v) is 5.44. The van der Waals surface area contributed by atoms with Gasteiger partial charge in [0.25, 0.3) is 0 Å². The number of allylic oxidation sites excluding steroid dienone is 7. The van der Waals surface area contributed by atoms with E-state index in [-0.39, 0.29) is 0 Å². The van der Waals surface area contributed by atoms with E-state index in [1.165, 1.54) is 33.4 Å².